The SMILES string of the molecule is CC(C)NCc1ccc(-c2ccc3c(c2)OCCO3)[nH]c1=O. The molecule has 22 heavy (non-hydrogen) atoms. The van der Waals surface area contributed by atoms with E-state index >= 15 is 0 Å². The molecule has 1 aliphatic rings. The maximum absolute atomic E-state index is 12.2. The van der Waals surface area contributed by atoms with E-state index in [0.717, 1.165) is 28.3 Å². The average Bonchev–Trinajstić information content (AvgIpc) is 2.53. The zero-order valence-electron chi connectivity index (χ0n) is 12.8. The maximum atomic E-state index is 12.2. The molecule has 2 aromatic rings. The summed E-state index contributed by atoms with van der Waals surface area (Å²) in [5, 5.41) is 3.25. The van der Waals surface area contributed by atoms with Crippen molar-refractivity contribution in [3.63, 3.8) is 0 Å². The van der Waals surface area contributed by atoms with Crippen molar-refractivity contribution in [3.05, 3.63) is 46.2 Å². The Morgan fingerprint density at radius 1 is 1.14 bits per heavy atom. The van der Waals surface area contributed by atoms with Gasteiger partial charge in [-0.3, -0.25) is 4.79 Å². The van der Waals surface area contributed by atoms with Crippen molar-refractivity contribution in [1.82, 2.24) is 10.3 Å². The van der Waals surface area contributed by atoms with E-state index in [0.29, 0.717) is 25.8 Å². The van der Waals surface area contributed by atoms with Crippen LogP contribution in [0.15, 0.2) is 35.1 Å². The van der Waals surface area contributed by atoms with E-state index in [1.807, 2.05) is 30.3 Å². The first-order chi connectivity index (χ1) is 10.6. The van der Waals surface area contributed by atoms with Crippen LogP contribution in [0.5, 0.6) is 11.5 Å². The van der Waals surface area contributed by atoms with E-state index in [1.165, 1.54) is 0 Å². The van der Waals surface area contributed by atoms with Gasteiger partial charge in [0, 0.05) is 29.4 Å². The summed E-state index contributed by atoms with van der Waals surface area (Å²) in [6, 6.07) is 9.81. The lowest BCUT2D eigenvalue weighted by atomic mass is 10.1. The van der Waals surface area contributed by atoms with Gasteiger partial charge >= 0.3 is 0 Å². The summed E-state index contributed by atoms with van der Waals surface area (Å²) in [6.45, 7) is 5.79. The molecule has 5 heteroatoms. The van der Waals surface area contributed by atoms with Gasteiger partial charge in [-0.25, -0.2) is 0 Å². The van der Waals surface area contributed by atoms with E-state index in [1.54, 1.807) is 0 Å². The van der Waals surface area contributed by atoms with Crippen LogP contribution in [0.4, 0.5) is 0 Å². The van der Waals surface area contributed by atoms with Crippen molar-refractivity contribution in [2.75, 3.05) is 13.2 Å². The Balaban J connectivity index is 1.86. The van der Waals surface area contributed by atoms with Crippen LogP contribution in [0.25, 0.3) is 11.3 Å². The van der Waals surface area contributed by atoms with Crippen LogP contribution in [-0.2, 0) is 6.54 Å². The Hall–Kier alpha value is -2.27. The molecule has 5 nitrogen and oxygen atoms in total. The molecule has 0 bridgehead atoms. The lowest BCUT2D eigenvalue weighted by Crippen LogP contribution is -2.26. The molecule has 1 aliphatic heterocycles. The largest absolute Gasteiger partial charge is 0.486 e. The summed E-state index contributed by atoms with van der Waals surface area (Å²) < 4.78 is 11.1. The minimum atomic E-state index is -0.0689. The highest BCUT2D eigenvalue weighted by Gasteiger charge is 2.13. The molecule has 0 fully saturated rings. The molecular formula is C17H20N2O3. The molecule has 0 amide bonds. The maximum Gasteiger partial charge on any atom is 0.252 e. The number of nitrogens with one attached hydrogen (secondary N) is 2. The lowest BCUT2D eigenvalue weighted by Gasteiger charge is -2.18. The molecule has 0 radical (unpaired) electrons. The predicted molar refractivity (Wildman–Crippen MR) is 85.5 cm³/mol. The zero-order valence-corrected chi connectivity index (χ0v) is 12.8. The Kier molecular flexibility index (Phi) is 4.15. The summed E-state index contributed by atoms with van der Waals surface area (Å²) in [7, 11) is 0. The molecular weight excluding hydrogens is 280 g/mol. The van der Waals surface area contributed by atoms with E-state index in [-0.39, 0.29) is 5.56 Å². The van der Waals surface area contributed by atoms with Crippen LogP contribution < -0.4 is 20.3 Å². The molecule has 116 valence electrons. The fourth-order valence-corrected chi connectivity index (χ4v) is 2.34. The third-order valence-electron chi connectivity index (χ3n) is 3.54. The molecule has 0 saturated carbocycles. The topological polar surface area (TPSA) is 63.4 Å². The summed E-state index contributed by atoms with van der Waals surface area (Å²) >= 11 is 0. The molecule has 0 spiro atoms. The molecule has 0 aliphatic carbocycles. The van der Waals surface area contributed by atoms with Crippen molar-refractivity contribution in [3.8, 4) is 22.8 Å². The summed E-state index contributed by atoms with van der Waals surface area (Å²) in [5.74, 6) is 1.46. The minimum Gasteiger partial charge on any atom is -0.486 e. The third-order valence-corrected chi connectivity index (χ3v) is 3.54. The highest BCUT2D eigenvalue weighted by Crippen LogP contribution is 2.33. The van der Waals surface area contributed by atoms with Crippen molar-refractivity contribution in [2.24, 2.45) is 0 Å². The number of aromatic nitrogens is 1. The second-order valence-corrected chi connectivity index (χ2v) is 5.62. The highest BCUT2D eigenvalue weighted by atomic mass is 16.6. The van der Waals surface area contributed by atoms with Gasteiger partial charge in [-0.15, -0.1) is 0 Å². The second kappa shape index (κ2) is 6.23. The van der Waals surface area contributed by atoms with Crippen LogP contribution in [-0.4, -0.2) is 24.2 Å². The normalized spacial score (nSPS) is 13.4. The van der Waals surface area contributed by atoms with Crippen LogP contribution >= 0.6 is 0 Å². The van der Waals surface area contributed by atoms with Gasteiger partial charge in [0.15, 0.2) is 11.5 Å². The first-order valence-electron chi connectivity index (χ1n) is 7.49. The first kappa shape index (κ1) is 14.7. The number of benzene rings is 1. The van der Waals surface area contributed by atoms with Crippen LogP contribution in [0.1, 0.15) is 19.4 Å². The van der Waals surface area contributed by atoms with Gasteiger partial charge in [-0.1, -0.05) is 19.9 Å². The highest BCUT2D eigenvalue weighted by molar-refractivity contribution is 5.64. The molecule has 1 aromatic heterocycles. The number of H-pyrrole nitrogens is 1. The number of ether oxygens (including phenoxy) is 2. The number of hydrogen-bond acceptors (Lipinski definition) is 4. The minimum absolute atomic E-state index is 0.0689. The van der Waals surface area contributed by atoms with Gasteiger partial charge < -0.3 is 19.8 Å². The number of hydrogen-bond donors (Lipinski definition) is 2. The number of rotatable bonds is 4. The van der Waals surface area contributed by atoms with Crippen LogP contribution in [0.3, 0.4) is 0 Å². The Bertz CT molecular complexity index is 722. The van der Waals surface area contributed by atoms with Crippen LogP contribution in [0.2, 0.25) is 0 Å². The zero-order chi connectivity index (χ0) is 15.5. The third kappa shape index (κ3) is 3.14. The van der Waals surface area contributed by atoms with Crippen molar-refractivity contribution in [2.45, 2.75) is 26.4 Å². The first-order valence-corrected chi connectivity index (χ1v) is 7.49. The van der Waals surface area contributed by atoms with Crippen molar-refractivity contribution in [1.29, 1.82) is 0 Å². The Morgan fingerprint density at radius 3 is 2.64 bits per heavy atom. The summed E-state index contributed by atoms with van der Waals surface area (Å²) in [5.41, 5.74) is 2.34. The van der Waals surface area contributed by atoms with E-state index < -0.39 is 0 Å². The fraction of sp³-hybridized carbons (Fsp3) is 0.353. The fourth-order valence-electron chi connectivity index (χ4n) is 2.34. The Labute approximate surface area is 129 Å². The van der Waals surface area contributed by atoms with Gasteiger partial charge in [0.25, 0.3) is 5.56 Å². The molecule has 3 rings (SSSR count). The average molecular weight is 300 g/mol. The smallest absolute Gasteiger partial charge is 0.252 e. The molecule has 1 aromatic carbocycles. The summed E-state index contributed by atoms with van der Waals surface area (Å²) in [4.78, 5) is 15.1. The number of aromatic amines is 1. The molecule has 0 saturated heterocycles. The quantitative estimate of drug-likeness (QED) is 0.909. The molecule has 2 N–H and O–H groups in total. The van der Waals surface area contributed by atoms with E-state index in [4.69, 9.17) is 9.47 Å². The van der Waals surface area contributed by atoms with Gasteiger partial charge in [-0.05, 0) is 24.3 Å². The second-order valence-electron chi connectivity index (χ2n) is 5.62. The number of fused-ring (bicyclic) bond motifs is 1. The van der Waals surface area contributed by atoms with Crippen LogP contribution in [0, 0.1) is 0 Å². The monoisotopic (exact) mass is 300 g/mol. The lowest BCUT2D eigenvalue weighted by molar-refractivity contribution is 0.171. The van der Waals surface area contributed by atoms with Gasteiger partial charge in [0.2, 0.25) is 0 Å². The Morgan fingerprint density at radius 2 is 1.91 bits per heavy atom. The van der Waals surface area contributed by atoms with Crippen molar-refractivity contribution >= 4 is 0 Å². The standard InChI is InChI=1S/C17H20N2O3/c1-11(2)18-10-13-3-5-14(19-17(13)20)12-4-6-15-16(9-12)22-8-7-21-15/h3-6,9,11,18H,7-8,10H2,1-2H3,(H,19,20). The summed E-state index contributed by atoms with van der Waals surface area (Å²) in [6.07, 6.45) is 0. The van der Waals surface area contributed by atoms with Crippen molar-refractivity contribution < 1.29 is 9.47 Å². The number of pyridine rings is 1. The van der Waals surface area contributed by atoms with Gasteiger partial charge in [-0.2, -0.15) is 0 Å². The van der Waals surface area contributed by atoms with Gasteiger partial charge in [0.1, 0.15) is 13.2 Å². The van der Waals surface area contributed by atoms with E-state index in [9.17, 15) is 4.79 Å². The molecule has 0 atom stereocenters. The van der Waals surface area contributed by atoms with E-state index in [2.05, 4.69) is 24.1 Å². The van der Waals surface area contributed by atoms with Gasteiger partial charge in [0.05, 0.1) is 0 Å². The predicted octanol–water partition coefficient (Wildman–Crippen LogP) is 2.31. The molecule has 2 heterocycles. The molecule has 0 unspecified atom stereocenters.